The lowest BCUT2D eigenvalue weighted by molar-refractivity contribution is -0.122. The Morgan fingerprint density at radius 2 is 2.14 bits per heavy atom. The summed E-state index contributed by atoms with van der Waals surface area (Å²) in [6.45, 7) is 1.95. The molecule has 2 N–H and O–H groups in total. The molecule has 1 aliphatic heterocycles. The minimum atomic E-state index is 0. The second-order valence-electron chi connectivity index (χ2n) is 5.21. The summed E-state index contributed by atoms with van der Waals surface area (Å²) in [5.41, 5.74) is 1.12. The minimum Gasteiger partial charge on any atom is -0.352 e. The Bertz CT molecular complexity index is 462. The number of piperidine rings is 1. The van der Waals surface area contributed by atoms with Crippen molar-refractivity contribution in [3.05, 3.63) is 33.8 Å². The van der Waals surface area contributed by atoms with Crippen LogP contribution in [0.5, 0.6) is 0 Å². The number of aryl methyl sites for hydroxylation is 1. The van der Waals surface area contributed by atoms with E-state index in [2.05, 4.69) is 10.6 Å². The summed E-state index contributed by atoms with van der Waals surface area (Å²) < 4.78 is 0. The first-order valence-electron chi connectivity index (χ1n) is 7.09. The summed E-state index contributed by atoms with van der Waals surface area (Å²) in [7, 11) is 0. The van der Waals surface area contributed by atoms with Gasteiger partial charge in [0.2, 0.25) is 5.91 Å². The molecule has 1 atom stereocenters. The molecule has 1 aromatic carbocycles. The molecule has 118 valence electrons. The van der Waals surface area contributed by atoms with Gasteiger partial charge < -0.3 is 10.6 Å². The van der Waals surface area contributed by atoms with Crippen LogP contribution in [0.4, 0.5) is 0 Å². The topological polar surface area (TPSA) is 41.1 Å². The molecule has 0 bridgehead atoms. The van der Waals surface area contributed by atoms with E-state index in [1.165, 1.54) is 0 Å². The number of carbonyl (C=O) groups excluding carboxylic acids is 1. The molecule has 0 saturated carbocycles. The van der Waals surface area contributed by atoms with Crippen molar-refractivity contribution < 1.29 is 4.79 Å². The van der Waals surface area contributed by atoms with Crippen molar-refractivity contribution >= 4 is 41.5 Å². The smallest absolute Gasteiger partial charge is 0.220 e. The lowest BCUT2D eigenvalue weighted by atomic mass is 10.1. The molecule has 1 saturated heterocycles. The van der Waals surface area contributed by atoms with Gasteiger partial charge in [-0.1, -0.05) is 29.3 Å². The second-order valence-corrected chi connectivity index (χ2v) is 6.03. The Kier molecular flexibility index (Phi) is 8.42. The van der Waals surface area contributed by atoms with Gasteiger partial charge in [-0.3, -0.25) is 4.79 Å². The molecular formula is C15H21Cl3N2O. The Morgan fingerprint density at radius 3 is 2.81 bits per heavy atom. The first kappa shape index (κ1) is 18.6. The van der Waals surface area contributed by atoms with E-state index in [-0.39, 0.29) is 18.3 Å². The van der Waals surface area contributed by atoms with Crippen molar-refractivity contribution in [3.8, 4) is 0 Å². The third-order valence-electron chi connectivity index (χ3n) is 3.52. The van der Waals surface area contributed by atoms with Crippen molar-refractivity contribution in [2.75, 3.05) is 13.1 Å². The molecule has 1 heterocycles. The molecule has 6 heteroatoms. The van der Waals surface area contributed by atoms with E-state index in [1.807, 2.05) is 12.1 Å². The van der Waals surface area contributed by atoms with Gasteiger partial charge in [0.15, 0.2) is 0 Å². The third-order valence-corrected chi connectivity index (χ3v) is 4.25. The fraction of sp³-hybridized carbons (Fsp3) is 0.533. The van der Waals surface area contributed by atoms with E-state index in [0.29, 0.717) is 22.5 Å². The highest BCUT2D eigenvalue weighted by molar-refractivity contribution is 6.42. The van der Waals surface area contributed by atoms with E-state index in [0.717, 1.165) is 44.3 Å². The molecule has 21 heavy (non-hydrogen) atoms. The maximum absolute atomic E-state index is 11.8. The molecule has 1 unspecified atom stereocenters. The van der Waals surface area contributed by atoms with E-state index in [4.69, 9.17) is 23.2 Å². The van der Waals surface area contributed by atoms with Gasteiger partial charge in [0.05, 0.1) is 10.0 Å². The highest BCUT2D eigenvalue weighted by Gasteiger charge is 2.14. The number of carbonyl (C=O) groups is 1. The molecule has 1 aliphatic rings. The molecule has 0 radical (unpaired) electrons. The summed E-state index contributed by atoms with van der Waals surface area (Å²) in [6.07, 6.45) is 4.42. The van der Waals surface area contributed by atoms with Crippen molar-refractivity contribution in [2.45, 2.75) is 38.1 Å². The predicted octanol–water partition coefficient (Wildman–Crippen LogP) is 3.61. The largest absolute Gasteiger partial charge is 0.352 e. The van der Waals surface area contributed by atoms with Gasteiger partial charge in [-0.05, 0) is 49.9 Å². The molecule has 1 fully saturated rings. The summed E-state index contributed by atoms with van der Waals surface area (Å²) >= 11 is 11.8. The van der Waals surface area contributed by atoms with Crippen molar-refractivity contribution in [1.29, 1.82) is 0 Å². The van der Waals surface area contributed by atoms with Crippen molar-refractivity contribution in [3.63, 3.8) is 0 Å². The molecule has 2 rings (SSSR count). The SMILES string of the molecule is Cl.O=C(CCCc1ccc(Cl)c(Cl)c1)NC1CCCNC1. The standard InChI is InChI=1S/C15H20Cl2N2O.ClH/c16-13-7-6-11(9-14(13)17)3-1-5-15(20)19-12-4-2-8-18-10-12;/h6-7,9,12,18H,1-5,8,10H2,(H,19,20);1H. The maximum Gasteiger partial charge on any atom is 0.220 e. The van der Waals surface area contributed by atoms with E-state index in [9.17, 15) is 4.79 Å². The van der Waals surface area contributed by atoms with Crippen LogP contribution in [0.2, 0.25) is 10.0 Å². The van der Waals surface area contributed by atoms with Gasteiger partial charge in [0.25, 0.3) is 0 Å². The minimum absolute atomic E-state index is 0. The Morgan fingerprint density at radius 1 is 1.33 bits per heavy atom. The lowest BCUT2D eigenvalue weighted by Crippen LogP contribution is -2.45. The molecular weight excluding hydrogens is 331 g/mol. The van der Waals surface area contributed by atoms with Crippen LogP contribution in [0, 0.1) is 0 Å². The molecule has 0 aliphatic carbocycles. The zero-order chi connectivity index (χ0) is 14.4. The first-order valence-corrected chi connectivity index (χ1v) is 7.85. The van der Waals surface area contributed by atoms with Crippen LogP contribution in [-0.4, -0.2) is 25.0 Å². The number of rotatable bonds is 5. The number of halogens is 3. The maximum atomic E-state index is 11.8. The third kappa shape index (κ3) is 6.43. The summed E-state index contributed by atoms with van der Waals surface area (Å²) in [5.74, 6) is 0.138. The van der Waals surface area contributed by atoms with Crippen LogP contribution in [0.15, 0.2) is 18.2 Å². The molecule has 1 aromatic rings. The van der Waals surface area contributed by atoms with Crippen LogP contribution in [-0.2, 0) is 11.2 Å². The average molecular weight is 352 g/mol. The van der Waals surface area contributed by atoms with E-state index < -0.39 is 0 Å². The van der Waals surface area contributed by atoms with Gasteiger partial charge in [-0.25, -0.2) is 0 Å². The number of hydrogen-bond donors (Lipinski definition) is 2. The number of nitrogens with one attached hydrogen (secondary N) is 2. The Hall–Kier alpha value is -0.480. The van der Waals surface area contributed by atoms with Crippen LogP contribution in [0.1, 0.15) is 31.2 Å². The molecule has 0 aromatic heterocycles. The Labute approximate surface area is 142 Å². The number of amides is 1. The fourth-order valence-electron chi connectivity index (χ4n) is 2.42. The van der Waals surface area contributed by atoms with Gasteiger partial charge in [0.1, 0.15) is 0 Å². The number of benzene rings is 1. The Balaban J connectivity index is 0.00000220. The van der Waals surface area contributed by atoms with Gasteiger partial charge in [0, 0.05) is 19.0 Å². The van der Waals surface area contributed by atoms with E-state index >= 15 is 0 Å². The van der Waals surface area contributed by atoms with Crippen molar-refractivity contribution in [1.82, 2.24) is 10.6 Å². The first-order chi connectivity index (χ1) is 9.65. The summed E-state index contributed by atoms with van der Waals surface area (Å²) in [5, 5.41) is 7.51. The van der Waals surface area contributed by atoms with Crippen LogP contribution in [0.3, 0.4) is 0 Å². The molecule has 0 spiro atoms. The normalized spacial score (nSPS) is 17.9. The van der Waals surface area contributed by atoms with Gasteiger partial charge in [-0.2, -0.15) is 0 Å². The molecule has 3 nitrogen and oxygen atoms in total. The predicted molar refractivity (Wildman–Crippen MR) is 90.7 cm³/mol. The average Bonchev–Trinajstić information content (AvgIpc) is 2.44. The number of hydrogen-bond acceptors (Lipinski definition) is 2. The second kappa shape index (κ2) is 9.52. The highest BCUT2D eigenvalue weighted by Crippen LogP contribution is 2.23. The lowest BCUT2D eigenvalue weighted by Gasteiger charge is -2.23. The van der Waals surface area contributed by atoms with E-state index in [1.54, 1.807) is 6.07 Å². The summed E-state index contributed by atoms with van der Waals surface area (Å²) in [4.78, 5) is 11.8. The quantitative estimate of drug-likeness (QED) is 0.851. The fourth-order valence-corrected chi connectivity index (χ4v) is 2.74. The van der Waals surface area contributed by atoms with Gasteiger partial charge >= 0.3 is 0 Å². The van der Waals surface area contributed by atoms with Crippen LogP contribution in [0.25, 0.3) is 0 Å². The van der Waals surface area contributed by atoms with Gasteiger partial charge in [-0.15, -0.1) is 12.4 Å². The molecule has 1 amide bonds. The summed E-state index contributed by atoms with van der Waals surface area (Å²) in [6, 6.07) is 5.91. The zero-order valence-electron chi connectivity index (χ0n) is 11.8. The zero-order valence-corrected chi connectivity index (χ0v) is 14.2. The van der Waals surface area contributed by atoms with Crippen LogP contribution >= 0.6 is 35.6 Å². The van der Waals surface area contributed by atoms with Crippen molar-refractivity contribution in [2.24, 2.45) is 0 Å². The highest BCUT2D eigenvalue weighted by atomic mass is 35.5. The van der Waals surface area contributed by atoms with Crippen LogP contribution < -0.4 is 10.6 Å². The monoisotopic (exact) mass is 350 g/mol.